The maximum absolute atomic E-state index is 13.4. The molecule has 0 aliphatic heterocycles. The number of sulfonamides is 1. The number of rotatable bonds is 10. The first kappa shape index (κ1) is 26.2. The average molecular weight is 507 g/mol. The van der Waals surface area contributed by atoms with Crippen molar-refractivity contribution in [2.75, 3.05) is 23.7 Å². The minimum absolute atomic E-state index is 0.295. The van der Waals surface area contributed by atoms with E-state index < -0.39 is 27.5 Å². The predicted octanol–water partition coefficient (Wildman–Crippen LogP) is 4.62. The number of nitrogens with zero attached hydrogens (tertiary/aromatic N) is 1. The lowest BCUT2D eigenvalue weighted by molar-refractivity contribution is -0.137. The van der Waals surface area contributed by atoms with Crippen molar-refractivity contribution in [3.05, 3.63) is 101 Å². The van der Waals surface area contributed by atoms with Crippen molar-refractivity contribution in [3.63, 3.8) is 0 Å². The van der Waals surface area contributed by atoms with E-state index in [1.807, 2.05) is 30.3 Å². The third-order valence-corrected chi connectivity index (χ3v) is 6.19. The second kappa shape index (κ2) is 11.4. The van der Waals surface area contributed by atoms with Gasteiger partial charge in [-0.25, -0.2) is 8.42 Å². The number of benzene rings is 3. The number of amides is 1. The number of carbonyl (C=O) groups excluding carboxylic acids is 1. The van der Waals surface area contributed by atoms with Crippen LogP contribution in [0.5, 0.6) is 0 Å². The third kappa shape index (κ3) is 7.56. The third-order valence-electron chi connectivity index (χ3n) is 5.06. The Morgan fingerprint density at radius 3 is 2.17 bits per heavy atom. The monoisotopic (exact) mass is 506 g/mol. The molecule has 35 heavy (non-hydrogen) atoms. The van der Waals surface area contributed by atoms with Crippen LogP contribution in [0.4, 0.5) is 18.9 Å². The van der Waals surface area contributed by atoms with E-state index in [-0.39, 0.29) is 12.5 Å². The molecule has 0 unspecified atom stereocenters. The van der Waals surface area contributed by atoms with Crippen molar-refractivity contribution >= 4 is 21.6 Å². The molecule has 3 aromatic rings. The van der Waals surface area contributed by atoms with Gasteiger partial charge < -0.3 is 10.1 Å². The van der Waals surface area contributed by atoms with Crippen LogP contribution >= 0.6 is 0 Å². The number of para-hydroxylation sites is 1. The first-order valence-corrected chi connectivity index (χ1v) is 12.5. The van der Waals surface area contributed by atoms with Crippen LogP contribution < -0.4 is 9.62 Å². The van der Waals surface area contributed by atoms with E-state index in [0.29, 0.717) is 35.2 Å². The van der Waals surface area contributed by atoms with Gasteiger partial charge in [0.15, 0.2) is 0 Å². The van der Waals surface area contributed by atoms with Gasteiger partial charge in [-0.2, -0.15) is 13.2 Å². The van der Waals surface area contributed by atoms with Crippen molar-refractivity contribution in [2.45, 2.75) is 19.3 Å². The molecule has 0 bridgehead atoms. The van der Waals surface area contributed by atoms with E-state index in [0.717, 1.165) is 24.0 Å². The highest BCUT2D eigenvalue weighted by molar-refractivity contribution is 7.92. The predicted molar refractivity (Wildman–Crippen MR) is 127 cm³/mol. The fraction of sp³-hybridized carbons (Fsp3) is 0.240. The van der Waals surface area contributed by atoms with Crippen LogP contribution in [0.3, 0.4) is 0 Å². The summed E-state index contributed by atoms with van der Waals surface area (Å²) in [6.45, 7) is 0.727. The molecule has 0 spiro atoms. The number of nitrogens with one attached hydrogen (secondary N) is 1. The summed E-state index contributed by atoms with van der Waals surface area (Å²) in [5.74, 6) is -0.345. The van der Waals surface area contributed by atoms with Crippen molar-refractivity contribution in [3.8, 4) is 0 Å². The van der Waals surface area contributed by atoms with E-state index in [9.17, 15) is 26.4 Å². The van der Waals surface area contributed by atoms with Crippen LogP contribution in [0, 0.1) is 0 Å². The van der Waals surface area contributed by atoms with E-state index >= 15 is 0 Å². The second-order valence-corrected chi connectivity index (χ2v) is 9.68. The summed E-state index contributed by atoms with van der Waals surface area (Å²) in [5.41, 5.74) is 0.277. The fourth-order valence-electron chi connectivity index (χ4n) is 3.34. The SMILES string of the molecule is CS(=O)(=O)N(Cc1ccc(C(=O)NCCOCc2ccccc2)cc1)c1ccccc1C(F)(F)F. The van der Waals surface area contributed by atoms with Gasteiger partial charge in [0.25, 0.3) is 5.91 Å². The first-order chi connectivity index (χ1) is 16.6. The number of ether oxygens (including phenoxy) is 1. The van der Waals surface area contributed by atoms with E-state index in [1.165, 1.54) is 36.4 Å². The first-order valence-electron chi connectivity index (χ1n) is 10.7. The van der Waals surface area contributed by atoms with Crippen LogP contribution in [0.25, 0.3) is 0 Å². The number of alkyl halides is 3. The molecule has 0 aliphatic carbocycles. The van der Waals surface area contributed by atoms with Gasteiger partial charge in [-0.3, -0.25) is 9.10 Å². The fourth-order valence-corrected chi connectivity index (χ4v) is 4.24. The molecule has 1 amide bonds. The van der Waals surface area contributed by atoms with Crippen LogP contribution in [-0.4, -0.2) is 33.7 Å². The Morgan fingerprint density at radius 1 is 0.914 bits per heavy atom. The summed E-state index contributed by atoms with van der Waals surface area (Å²) >= 11 is 0. The van der Waals surface area contributed by atoms with Crippen LogP contribution in [-0.2, 0) is 34.1 Å². The van der Waals surface area contributed by atoms with Crippen LogP contribution in [0.1, 0.15) is 27.0 Å². The molecular formula is C25H25F3N2O4S. The maximum Gasteiger partial charge on any atom is 0.418 e. The minimum atomic E-state index is -4.72. The summed E-state index contributed by atoms with van der Waals surface area (Å²) < 4.78 is 71.2. The smallest absolute Gasteiger partial charge is 0.375 e. The lowest BCUT2D eigenvalue weighted by Gasteiger charge is -2.25. The highest BCUT2D eigenvalue weighted by Crippen LogP contribution is 2.37. The van der Waals surface area contributed by atoms with Gasteiger partial charge in [-0.15, -0.1) is 0 Å². The molecule has 0 aromatic heterocycles. The Kier molecular flexibility index (Phi) is 8.52. The number of anilines is 1. The molecule has 6 nitrogen and oxygen atoms in total. The summed E-state index contributed by atoms with van der Waals surface area (Å²) in [7, 11) is -4.02. The molecule has 0 radical (unpaired) electrons. The Balaban J connectivity index is 1.61. The number of halogens is 3. The van der Waals surface area contributed by atoms with Crippen LogP contribution in [0.15, 0.2) is 78.9 Å². The summed E-state index contributed by atoms with van der Waals surface area (Å²) in [5, 5.41) is 2.72. The molecule has 0 saturated heterocycles. The Hall–Kier alpha value is -3.37. The van der Waals surface area contributed by atoms with E-state index in [1.54, 1.807) is 0 Å². The number of carbonyl (C=O) groups is 1. The Bertz CT molecular complexity index is 1230. The van der Waals surface area contributed by atoms with Crippen molar-refractivity contribution in [1.29, 1.82) is 0 Å². The molecule has 0 atom stereocenters. The number of hydrogen-bond donors (Lipinski definition) is 1. The summed E-state index contributed by atoms with van der Waals surface area (Å²) in [6.07, 6.45) is -3.87. The largest absolute Gasteiger partial charge is 0.418 e. The molecule has 0 fully saturated rings. The quantitative estimate of drug-likeness (QED) is 0.407. The Labute approximate surface area is 202 Å². The van der Waals surface area contributed by atoms with Gasteiger partial charge in [0.1, 0.15) is 0 Å². The van der Waals surface area contributed by atoms with Gasteiger partial charge >= 0.3 is 6.18 Å². The standard InChI is InChI=1S/C25H25F3N2O4S/c1-35(32,33)30(23-10-6-5-9-22(23)25(26,27)28)17-19-11-13-21(14-12-19)24(31)29-15-16-34-18-20-7-3-2-4-8-20/h2-14H,15-18H2,1H3,(H,29,31). The lowest BCUT2D eigenvalue weighted by Crippen LogP contribution is -2.31. The molecule has 0 aliphatic rings. The van der Waals surface area contributed by atoms with E-state index in [2.05, 4.69) is 5.32 Å². The number of hydrogen-bond acceptors (Lipinski definition) is 4. The van der Waals surface area contributed by atoms with Crippen LogP contribution in [0.2, 0.25) is 0 Å². The molecule has 0 heterocycles. The highest BCUT2D eigenvalue weighted by Gasteiger charge is 2.36. The average Bonchev–Trinajstić information content (AvgIpc) is 2.82. The molecule has 10 heteroatoms. The second-order valence-electron chi connectivity index (χ2n) is 7.78. The van der Waals surface area contributed by atoms with Crippen molar-refractivity contribution < 1.29 is 31.1 Å². The zero-order chi connectivity index (χ0) is 25.5. The van der Waals surface area contributed by atoms with Gasteiger partial charge in [-0.1, -0.05) is 54.6 Å². The zero-order valence-electron chi connectivity index (χ0n) is 19.0. The van der Waals surface area contributed by atoms with Gasteiger partial charge in [0.2, 0.25) is 10.0 Å². The van der Waals surface area contributed by atoms with Gasteiger partial charge in [0.05, 0.1) is 37.3 Å². The molecular weight excluding hydrogens is 481 g/mol. The van der Waals surface area contributed by atoms with Gasteiger partial charge in [0, 0.05) is 12.1 Å². The topological polar surface area (TPSA) is 75.7 Å². The Morgan fingerprint density at radius 2 is 1.54 bits per heavy atom. The van der Waals surface area contributed by atoms with Crippen molar-refractivity contribution in [2.24, 2.45) is 0 Å². The highest BCUT2D eigenvalue weighted by atomic mass is 32.2. The zero-order valence-corrected chi connectivity index (χ0v) is 19.8. The molecule has 186 valence electrons. The lowest BCUT2D eigenvalue weighted by atomic mass is 10.1. The maximum atomic E-state index is 13.4. The van der Waals surface area contributed by atoms with Crippen molar-refractivity contribution in [1.82, 2.24) is 5.32 Å². The summed E-state index contributed by atoms with van der Waals surface area (Å²) in [6, 6.07) is 20.1. The summed E-state index contributed by atoms with van der Waals surface area (Å²) in [4.78, 5) is 12.3. The normalized spacial score (nSPS) is 11.8. The minimum Gasteiger partial charge on any atom is -0.375 e. The molecule has 1 N–H and O–H groups in total. The van der Waals surface area contributed by atoms with E-state index in [4.69, 9.17) is 4.74 Å². The molecule has 3 aromatic carbocycles. The molecule has 3 rings (SSSR count). The van der Waals surface area contributed by atoms with Gasteiger partial charge in [-0.05, 0) is 35.4 Å². The molecule has 0 saturated carbocycles.